The van der Waals surface area contributed by atoms with Crippen molar-refractivity contribution in [1.29, 1.82) is 0 Å². The van der Waals surface area contributed by atoms with Gasteiger partial charge < -0.3 is 9.47 Å². The molecule has 110 valence electrons. The lowest BCUT2D eigenvalue weighted by atomic mass is 10.1. The number of rotatable bonds is 6. The Kier molecular flexibility index (Phi) is 5.31. The van der Waals surface area contributed by atoms with Crippen molar-refractivity contribution >= 4 is 11.6 Å². The van der Waals surface area contributed by atoms with Gasteiger partial charge in [-0.25, -0.2) is 0 Å². The summed E-state index contributed by atoms with van der Waals surface area (Å²) in [6.07, 6.45) is -1.10. The third-order valence-electron chi connectivity index (χ3n) is 3.13. The number of benzene rings is 1. The van der Waals surface area contributed by atoms with Crippen LogP contribution in [-0.4, -0.2) is 23.8 Å². The molecule has 0 saturated carbocycles. The van der Waals surface area contributed by atoms with Crippen LogP contribution < -0.4 is 9.47 Å². The van der Waals surface area contributed by atoms with E-state index in [0.29, 0.717) is 11.5 Å². The highest BCUT2D eigenvalue weighted by atomic mass is 16.5. The number of Topliss-reactive ketones (excluding diaryl/α,β-unsaturated/α-hetero) is 2. The number of aryl methyl sites for hydroxylation is 2. The molecule has 0 bridgehead atoms. The van der Waals surface area contributed by atoms with Crippen LogP contribution in [0.5, 0.6) is 11.5 Å². The van der Waals surface area contributed by atoms with E-state index in [1.165, 1.54) is 13.8 Å². The van der Waals surface area contributed by atoms with Gasteiger partial charge in [0.15, 0.2) is 35.3 Å². The third-order valence-corrected chi connectivity index (χ3v) is 3.13. The van der Waals surface area contributed by atoms with Crippen molar-refractivity contribution in [3.05, 3.63) is 23.3 Å². The Morgan fingerprint density at radius 1 is 0.950 bits per heavy atom. The maximum atomic E-state index is 11.3. The number of ketones is 2. The molecule has 0 spiro atoms. The van der Waals surface area contributed by atoms with Crippen LogP contribution in [0.3, 0.4) is 0 Å². The molecule has 0 fully saturated rings. The molecule has 2 atom stereocenters. The molecular weight excluding hydrogens is 256 g/mol. The topological polar surface area (TPSA) is 52.6 Å². The molecule has 20 heavy (non-hydrogen) atoms. The van der Waals surface area contributed by atoms with Crippen LogP contribution >= 0.6 is 0 Å². The van der Waals surface area contributed by atoms with Crippen molar-refractivity contribution in [2.75, 3.05) is 0 Å². The molecule has 0 heterocycles. The molecule has 0 aromatic heterocycles. The zero-order valence-electron chi connectivity index (χ0n) is 12.9. The van der Waals surface area contributed by atoms with Gasteiger partial charge in [-0.15, -0.1) is 0 Å². The summed E-state index contributed by atoms with van der Waals surface area (Å²) in [7, 11) is 0. The minimum absolute atomic E-state index is 0.0597. The SMILES string of the molecule is CC(=O)C(C)Oc1cc(C)cc(C)c1OC(C)C(C)=O. The first-order valence-electron chi connectivity index (χ1n) is 6.67. The second-order valence-corrected chi connectivity index (χ2v) is 5.15. The lowest BCUT2D eigenvalue weighted by Gasteiger charge is -2.20. The summed E-state index contributed by atoms with van der Waals surface area (Å²) in [5.41, 5.74) is 1.89. The number of carbonyl (C=O) groups is 2. The predicted octanol–water partition coefficient (Wildman–Crippen LogP) is 3.02. The first-order chi connectivity index (χ1) is 9.22. The van der Waals surface area contributed by atoms with Crippen LogP contribution in [-0.2, 0) is 9.59 Å². The highest BCUT2D eigenvalue weighted by molar-refractivity contribution is 5.81. The van der Waals surface area contributed by atoms with E-state index in [4.69, 9.17) is 9.47 Å². The first-order valence-corrected chi connectivity index (χ1v) is 6.67. The van der Waals surface area contributed by atoms with Crippen LogP contribution in [0, 0.1) is 13.8 Å². The minimum atomic E-state index is -0.550. The molecule has 4 heteroatoms. The fraction of sp³-hybridized carbons (Fsp3) is 0.500. The molecule has 2 unspecified atom stereocenters. The van der Waals surface area contributed by atoms with Gasteiger partial charge in [0.1, 0.15) is 0 Å². The van der Waals surface area contributed by atoms with E-state index >= 15 is 0 Å². The molecule has 1 aromatic rings. The third kappa shape index (κ3) is 4.08. The Balaban J connectivity index is 3.13. The summed E-state index contributed by atoms with van der Waals surface area (Å²) < 4.78 is 11.4. The highest BCUT2D eigenvalue weighted by Crippen LogP contribution is 2.34. The Morgan fingerprint density at radius 3 is 1.95 bits per heavy atom. The van der Waals surface area contributed by atoms with Gasteiger partial charge >= 0.3 is 0 Å². The van der Waals surface area contributed by atoms with E-state index in [2.05, 4.69) is 0 Å². The second-order valence-electron chi connectivity index (χ2n) is 5.15. The number of ether oxygens (including phenoxy) is 2. The van der Waals surface area contributed by atoms with E-state index in [9.17, 15) is 9.59 Å². The zero-order chi connectivity index (χ0) is 15.4. The van der Waals surface area contributed by atoms with E-state index < -0.39 is 12.2 Å². The van der Waals surface area contributed by atoms with Gasteiger partial charge in [0.25, 0.3) is 0 Å². The van der Waals surface area contributed by atoms with Gasteiger partial charge in [0.05, 0.1) is 0 Å². The number of carbonyl (C=O) groups excluding carboxylic acids is 2. The first kappa shape index (κ1) is 16.2. The summed E-state index contributed by atoms with van der Waals surface area (Å²) in [5, 5.41) is 0. The summed E-state index contributed by atoms with van der Waals surface area (Å²) in [6.45, 7) is 10.2. The van der Waals surface area contributed by atoms with Gasteiger partial charge in [-0.05, 0) is 58.7 Å². The maximum absolute atomic E-state index is 11.3. The summed E-state index contributed by atoms with van der Waals surface area (Å²) in [5.74, 6) is 0.898. The molecule has 0 aliphatic rings. The summed E-state index contributed by atoms with van der Waals surface area (Å²) in [6, 6.07) is 3.77. The minimum Gasteiger partial charge on any atom is -0.479 e. The summed E-state index contributed by atoms with van der Waals surface area (Å²) in [4.78, 5) is 22.7. The van der Waals surface area contributed by atoms with Crippen LogP contribution in [0.4, 0.5) is 0 Å². The average molecular weight is 278 g/mol. The van der Waals surface area contributed by atoms with Gasteiger partial charge in [0.2, 0.25) is 0 Å². The fourth-order valence-electron chi connectivity index (χ4n) is 1.69. The second kappa shape index (κ2) is 6.55. The Hall–Kier alpha value is -1.84. The number of hydrogen-bond donors (Lipinski definition) is 0. The lowest BCUT2D eigenvalue weighted by Crippen LogP contribution is -2.24. The Morgan fingerprint density at radius 2 is 1.45 bits per heavy atom. The molecule has 0 N–H and O–H groups in total. The predicted molar refractivity (Wildman–Crippen MR) is 77.5 cm³/mol. The largest absolute Gasteiger partial charge is 0.479 e. The fourth-order valence-corrected chi connectivity index (χ4v) is 1.69. The van der Waals surface area contributed by atoms with Crippen molar-refractivity contribution in [2.24, 2.45) is 0 Å². The molecule has 0 aliphatic heterocycles. The van der Waals surface area contributed by atoms with Crippen LogP contribution in [0.15, 0.2) is 12.1 Å². The maximum Gasteiger partial charge on any atom is 0.169 e. The van der Waals surface area contributed by atoms with Gasteiger partial charge in [-0.3, -0.25) is 9.59 Å². The number of hydrogen-bond acceptors (Lipinski definition) is 4. The average Bonchev–Trinajstić information content (AvgIpc) is 2.32. The lowest BCUT2D eigenvalue weighted by molar-refractivity contribution is -0.124. The molecule has 0 radical (unpaired) electrons. The van der Waals surface area contributed by atoms with Crippen molar-refractivity contribution < 1.29 is 19.1 Å². The summed E-state index contributed by atoms with van der Waals surface area (Å²) >= 11 is 0. The van der Waals surface area contributed by atoms with Crippen molar-refractivity contribution in [2.45, 2.75) is 53.8 Å². The molecule has 0 amide bonds. The van der Waals surface area contributed by atoms with E-state index in [1.54, 1.807) is 13.8 Å². The molecule has 0 aliphatic carbocycles. The monoisotopic (exact) mass is 278 g/mol. The van der Waals surface area contributed by atoms with E-state index in [-0.39, 0.29) is 11.6 Å². The van der Waals surface area contributed by atoms with Crippen molar-refractivity contribution in [3.63, 3.8) is 0 Å². The van der Waals surface area contributed by atoms with Gasteiger partial charge in [0, 0.05) is 0 Å². The van der Waals surface area contributed by atoms with E-state index in [1.807, 2.05) is 26.0 Å². The standard InChI is InChI=1S/C16H22O4/c1-9-7-10(2)16(20-14(6)12(4)18)15(8-9)19-13(5)11(3)17/h7-8,13-14H,1-6H3. The highest BCUT2D eigenvalue weighted by Gasteiger charge is 2.19. The molecule has 1 rings (SSSR count). The van der Waals surface area contributed by atoms with Gasteiger partial charge in [-0.1, -0.05) is 6.07 Å². The molecule has 4 nitrogen and oxygen atoms in total. The van der Waals surface area contributed by atoms with Gasteiger partial charge in [-0.2, -0.15) is 0 Å². The molecule has 0 saturated heterocycles. The van der Waals surface area contributed by atoms with Crippen LogP contribution in [0.1, 0.15) is 38.8 Å². The smallest absolute Gasteiger partial charge is 0.169 e. The van der Waals surface area contributed by atoms with Crippen LogP contribution in [0.25, 0.3) is 0 Å². The zero-order valence-corrected chi connectivity index (χ0v) is 12.9. The van der Waals surface area contributed by atoms with E-state index in [0.717, 1.165) is 11.1 Å². The quantitative estimate of drug-likeness (QED) is 0.802. The normalized spacial score (nSPS) is 13.5. The molecule has 1 aromatic carbocycles. The van der Waals surface area contributed by atoms with Crippen LogP contribution in [0.2, 0.25) is 0 Å². The molecular formula is C16H22O4. The Bertz CT molecular complexity index is 519. The Labute approximate surface area is 120 Å². The van der Waals surface area contributed by atoms with Crippen molar-refractivity contribution in [1.82, 2.24) is 0 Å². The van der Waals surface area contributed by atoms with Crippen molar-refractivity contribution in [3.8, 4) is 11.5 Å².